The fraction of sp³-hybridized carbons (Fsp3) is 0.333. The summed E-state index contributed by atoms with van der Waals surface area (Å²) in [6.07, 6.45) is -3.20. The summed E-state index contributed by atoms with van der Waals surface area (Å²) < 4.78 is 44.3. The molecule has 0 aliphatic rings. The van der Waals surface area contributed by atoms with E-state index in [2.05, 4.69) is 10.2 Å². The van der Waals surface area contributed by atoms with Gasteiger partial charge in [0.05, 0.1) is 5.02 Å². The summed E-state index contributed by atoms with van der Waals surface area (Å²) in [5, 5.41) is 6.72. The van der Waals surface area contributed by atoms with Gasteiger partial charge >= 0.3 is 6.18 Å². The van der Waals surface area contributed by atoms with Crippen molar-refractivity contribution in [2.24, 2.45) is 0 Å². The van der Waals surface area contributed by atoms with Crippen molar-refractivity contribution in [2.75, 3.05) is 7.11 Å². The number of methoxy groups -OCH3 is 1. The number of fused-ring (bicyclic) bond motifs is 1. The van der Waals surface area contributed by atoms with Gasteiger partial charge in [-0.05, 0) is 6.07 Å². The van der Waals surface area contributed by atoms with Gasteiger partial charge in [-0.2, -0.15) is 13.2 Å². The lowest BCUT2D eigenvalue weighted by atomic mass is 10.2. The Balaban J connectivity index is 2.71. The molecule has 2 rings (SSSR count). The predicted octanol–water partition coefficient (Wildman–Crippen LogP) is 2.55. The van der Waals surface area contributed by atoms with Crippen molar-refractivity contribution in [2.45, 2.75) is 12.8 Å². The Morgan fingerprint density at radius 1 is 1.41 bits per heavy atom. The molecule has 17 heavy (non-hydrogen) atoms. The largest absolute Gasteiger partial charge is 0.421 e. The minimum Gasteiger partial charge on any atom is -0.377 e. The molecule has 92 valence electrons. The first-order valence-electron chi connectivity index (χ1n) is 4.53. The van der Waals surface area contributed by atoms with Crippen LogP contribution in [0.1, 0.15) is 11.4 Å². The van der Waals surface area contributed by atoms with Gasteiger partial charge in [0.2, 0.25) is 0 Å². The van der Waals surface area contributed by atoms with Gasteiger partial charge in [0.15, 0.2) is 11.5 Å². The molecule has 0 amide bonds. The van der Waals surface area contributed by atoms with E-state index in [-0.39, 0.29) is 18.1 Å². The first kappa shape index (κ1) is 12.1. The number of hydrogen-bond acceptors (Lipinski definition) is 3. The Kier molecular flexibility index (Phi) is 2.96. The van der Waals surface area contributed by atoms with Gasteiger partial charge in [0.25, 0.3) is 0 Å². The number of alkyl halides is 3. The maximum Gasteiger partial charge on any atom is 0.421 e. The van der Waals surface area contributed by atoms with Crippen molar-refractivity contribution in [3.8, 4) is 0 Å². The number of ether oxygens (including phenoxy) is 1. The molecule has 0 N–H and O–H groups in total. The molecule has 4 nitrogen and oxygen atoms in total. The van der Waals surface area contributed by atoms with Crippen molar-refractivity contribution in [3.63, 3.8) is 0 Å². The van der Waals surface area contributed by atoms with Crippen molar-refractivity contribution < 1.29 is 17.9 Å². The third kappa shape index (κ3) is 2.07. The molecule has 2 aromatic rings. The minimum atomic E-state index is -4.57. The van der Waals surface area contributed by atoms with Crippen molar-refractivity contribution in [3.05, 3.63) is 28.7 Å². The van der Waals surface area contributed by atoms with E-state index >= 15 is 0 Å². The van der Waals surface area contributed by atoms with Gasteiger partial charge < -0.3 is 4.74 Å². The molecule has 0 aliphatic carbocycles. The molecular formula is C9H7ClF3N3O. The van der Waals surface area contributed by atoms with Crippen LogP contribution in [0.25, 0.3) is 5.65 Å². The standard InChI is InChI=1S/C9H7ClF3N3O/c1-17-4-6-14-15-8-7(9(11,12)13)5(10)2-3-16(6)8/h2-3H,4H2,1H3. The maximum atomic E-state index is 12.8. The molecule has 0 radical (unpaired) electrons. The molecule has 0 saturated carbocycles. The van der Waals surface area contributed by atoms with E-state index in [1.807, 2.05) is 0 Å². The minimum absolute atomic E-state index is 0.0695. The van der Waals surface area contributed by atoms with E-state index < -0.39 is 16.8 Å². The van der Waals surface area contributed by atoms with Crippen LogP contribution in [0.2, 0.25) is 5.02 Å². The zero-order chi connectivity index (χ0) is 12.6. The third-order valence-electron chi connectivity index (χ3n) is 2.16. The maximum absolute atomic E-state index is 12.8. The summed E-state index contributed by atoms with van der Waals surface area (Å²) in [4.78, 5) is 0. The highest BCUT2D eigenvalue weighted by atomic mass is 35.5. The molecule has 0 aromatic carbocycles. The summed E-state index contributed by atoms with van der Waals surface area (Å²) in [6, 6.07) is 1.15. The van der Waals surface area contributed by atoms with E-state index in [0.29, 0.717) is 0 Å². The number of nitrogens with zero attached hydrogens (tertiary/aromatic N) is 3. The van der Waals surface area contributed by atoms with E-state index in [4.69, 9.17) is 16.3 Å². The molecule has 0 aliphatic heterocycles. The zero-order valence-electron chi connectivity index (χ0n) is 8.62. The Hall–Kier alpha value is -1.34. The molecular weight excluding hydrogens is 259 g/mol. The van der Waals surface area contributed by atoms with Gasteiger partial charge in [-0.25, -0.2) is 0 Å². The topological polar surface area (TPSA) is 39.4 Å². The first-order valence-corrected chi connectivity index (χ1v) is 4.91. The van der Waals surface area contributed by atoms with Gasteiger partial charge in [0, 0.05) is 13.3 Å². The Morgan fingerprint density at radius 3 is 2.71 bits per heavy atom. The summed E-state index contributed by atoms with van der Waals surface area (Å²) in [7, 11) is 1.42. The van der Waals surface area contributed by atoms with E-state index in [1.165, 1.54) is 17.7 Å². The monoisotopic (exact) mass is 265 g/mol. The molecule has 0 spiro atoms. The zero-order valence-corrected chi connectivity index (χ0v) is 9.38. The van der Waals surface area contributed by atoms with Gasteiger partial charge in [-0.15, -0.1) is 10.2 Å². The van der Waals surface area contributed by atoms with Crippen LogP contribution in [0.15, 0.2) is 12.3 Å². The van der Waals surface area contributed by atoms with Crippen LogP contribution >= 0.6 is 11.6 Å². The van der Waals surface area contributed by atoms with Crippen LogP contribution in [0.3, 0.4) is 0 Å². The van der Waals surface area contributed by atoms with E-state index in [9.17, 15) is 13.2 Å². The Labute approximate surface area is 99.0 Å². The normalized spacial score (nSPS) is 12.3. The highest BCUT2D eigenvalue weighted by Gasteiger charge is 2.37. The van der Waals surface area contributed by atoms with Crippen LogP contribution in [0.5, 0.6) is 0 Å². The summed E-state index contributed by atoms with van der Waals surface area (Å²) in [5.74, 6) is 0.282. The quantitative estimate of drug-likeness (QED) is 0.838. The van der Waals surface area contributed by atoms with Crippen LogP contribution in [0, 0.1) is 0 Å². The van der Waals surface area contributed by atoms with Gasteiger partial charge in [0.1, 0.15) is 12.2 Å². The number of pyridine rings is 1. The number of hydrogen-bond donors (Lipinski definition) is 0. The fourth-order valence-electron chi connectivity index (χ4n) is 1.47. The second-order valence-corrected chi connectivity index (χ2v) is 3.69. The number of halogens is 4. The highest BCUT2D eigenvalue weighted by molar-refractivity contribution is 6.31. The molecule has 0 unspecified atom stereocenters. The summed E-state index contributed by atoms with van der Waals surface area (Å²) in [6.45, 7) is 0.0695. The van der Waals surface area contributed by atoms with Crippen LogP contribution in [-0.4, -0.2) is 21.7 Å². The van der Waals surface area contributed by atoms with Crippen LogP contribution in [-0.2, 0) is 17.5 Å². The Morgan fingerprint density at radius 2 is 2.12 bits per heavy atom. The fourth-order valence-corrected chi connectivity index (χ4v) is 1.72. The van der Waals surface area contributed by atoms with Gasteiger partial charge in [-0.3, -0.25) is 4.40 Å². The molecule has 0 atom stereocenters. The number of aromatic nitrogens is 3. The molecule has 0 bridgehead atoms. The second-order valence-electron chi connectivity index (χ2n) is 3.28. The van der Waals surface area contributed by atoms with Crippen molar-refractivity contribution in [1.29, 1.82) is 0 Å². The van der Waals surface area contributed by atoms with Gasteiger partial charge in [-0.1, -0.05) is 11.6 Å². The lowest BCUT2D eigenvalue weighted by molar-refractivity contribution is -0.136. The average molecular weight is 266 g/mol. The molecule has 2 aromatic heterocycles. The Bertz CT molecular complexity index is 552. The lowest BCUT2D eigenvalue weighted by Gasteiger charge is -2.09. The van der Waals surface area contributed by atoms with E-state index in [0.717, 1.165) is 6.07 Å². The highest BCUT2D eigenvalue weighted by Crippen LogP contribution is 2.37. The van der Waals surface area contributed by atoms with Crippen LogP contribution in [0.4, 0.5) is 13.2 Å². The second kappa shape index (κ2) is 4.15. The smallest absolute Gasteiger partial charge is 0.377 e. The predicted molar refractivity (Wildman–Crippen MR) is 53.7 cm³/mol. The number of rotatable bonds is 2. The summed E-state index contributed by atoms with van der Waals surface area (Å²) in [5.41, 5.74) is -1.31. The SMILES string of the molecule is COCc1nnc2c(C(F)(F)F)c(Cl)ccn12. The van der Waals surface area contributed by atoms with Crippen molar-refractivity contribution >= 4 is 17.2 Å². The summed E-state index contributed by atoms with van der Waals surface area (Å²) >= 11 is 5.54. The van der Waals surface area contributed by atoms with E-state index in [1.54, 1.807) is 0 Å². The lowest BCUT2D eigenvalue weighted by Crippen LogP contribution is -2.09. The molecule has 8 heteroatoms. The van der Waals surface area contributed by atoms with Crippen molar-refractivity contribution in [1.82, 2.24) is 14.6 Å². The molecule has 0 fully saturated rings. The molecule has 0 saturated heterocycles. The first-order chi connectivity index (χ1) is 7.95. The third-order valence-corrected chi connectivity index (χ3v) is 2.47. The van der Waals surface area contributed by atoms with Crippen LogP contribution < -0.4 is 0 Å². The average Bonchev–Trinajstić information content (AvgIpc) is 2.59. The molecule has 2 heterocycles.